The highest BCUT2D eigenvalue weighted by Gasteiger charge is 2.10. The van der Waals surface area contributed by atoms with Crippen molar-refractivity contribution in [2.45, 2.75) is 11.8 Å². The van der Waals surface area contributed by atoms with Crippen molar-refractivity contribution in [3.63, 3.8) is 0 Å². The molecule has 0 heterocycles. The third-order valence-corrected chi connectivity index (χ3v) is 3.12. The zero-order chi connectivity index (χ0) is 12.0. The Labute approximate surface area is 103 Å². The molecule has 0 N–H and O–H groups in total. The predicted molar refractivity (Wildman–Crippen MR) is 65.7 cm³/mol. The summed E-state index contributed by atoms with van der Waals surface area (Å²) in [5.41, 5.74) is 0.0445. The lowest BCUT2D eigenvalue weighted by molar-refractivity contribution is -0.385. The average Bonchev–Trinajstić information content (AvgIpc) is 2.26. The Bertz CT molecular complexity index is 373. The molecule has 1 aromatic rings. The minimum atomic E-state index is -0.423. The van der Waals surface area contributed by atoms with Crippen LogP contribution in [0.25, 0.3) is 0 Å². The smallest absolute Gasteiger partial charge is 0.274 e. The Morgan fingerprint density at radius 1 is 1.50 bits per heavy atom. The van der Waals surface area contributed by atoms with Crippen molar-refractivity contribution in [3.05, 3.63) is 28.3 Å². The first-order chi connectivity index (χ1) is 7.67. The summed E-state index contributed by atoms with van der Waals surface area (Å²) in [6, 6.07) is 4.74. The van der Waals surface area contributed by atoms with Gasteiger partial charge in [-0.3, -0.25) is 10.1 Å². The number of hydrogen-bond acceptors (Lipinski definition) is 4. The Hall–Kier alpha value is -0.940. The Balaban J connectivity index is 2.93. The van der Waals surface area contributed by atoms with Crippen LogP contribution in [0.4, 0.5) is 5.69 Å². The van der Waals surface area contributed by atoms with Gasteiger partial charge in [0.15, 0.2) is 0 Å². The largest absolute Gasteiger partial charge is 0.494 e. The van der Waals surface area contributed by atoms with Gasteiger partial charge in [0.05, 0.1) is 17.6 Å². The molecule has 0 aliphatic heterocycles. The van der Waals surface area contributed by atoms with E-state index in [-0.39, 0.29) is 5.69 Å². The van der Waals surface area contributed by atoms with Crippen LogP contribution in [0, 0.1) is 10.1 Å². The number of halogens is 1. The summed E-state index contributed by atoms with van der Waals surface area (Å²) in [7, 11) is 0. The summed E-state index contributed by atoms with van der Waals surface area (Å²) < 4.78 is 5.27. The van der Waals surface area contributed by atoms with Gasteiger partial charge in [0.25, 0.3) is 5.69 Å². The van der Waals surface area contributed by atoms with Crippen LogP contribution in [-0.4, -0.2) is 23.2 Å². The van der Waals surface area contributed by atoms with Crippen molar-refractivity contribution >= 4 is 29.1 Å². The Morgan fingerprint density at radius 2 is 2.25 bits per heavy atom. The Morgan fingerprint density at radius 3 is 2.81 bits per heavy atom. The minimum absolute atomic E-state index is 0.0445. The molecule has 0 saturated carbocycles. The molecule has 1 rings (SSSR count). The zero-order valence-corrected chi connectivity index (χ0v) is 10.4. The molecule has 4 nitrogen and oxygen atoms in total. The van der Waals surface area contributed by atoms with Gasteiger partial charge >= 0.3 is 0 Å². The van der Waals surface area contributed by atoms with Crippen molar-refractivity contribution in [2.75, 3.05) is 18.2 Å². The molecule has 0 saturated heterocycles. The van der Waals surface area contributed by atoms with E-state index in [1.54, 1.807) is 6.07 Å². The lowest BCUT2D eigenvalue weighted by Gasteiger charge is -2.05. The van der Waals surface area contributed by atoms with E-state index in [9.17, 15) is 10.1 Å². The van der Waals surface area contributed by atoms with E-state index in [1.807, 2.05) is 6.92 Å². The molecule has 0 fully saturated rings. The highest BCUT2D eigenvalue weighted by atomic mass is 35.5. The highest BCUT2D eigenvalue weighted by molar-refractivity contribution is 7.99. The molecule has 0 aromatic heterocycles. The van der Waals surface area contributed by atoms with Crippen LogP contribution in [-0.2, 0) is 0 Å². The van der Waals surface area contributed by atoms with E-state index in [0.29, 0.717) is 24.0 Å². The van der Waals surface area contributed by atoms with E-state index < -0.39 is 4.92 Å². The van der Waals surface area contributed by atoms with Gasteiger partial charge in [0, 0.05) is 22.6 Å². The molecule has 0 aliphatic carbocycles. The van der Waals surface area contributed by atoms with Crippen LogP contribution in [0.2, 0.25) is 0 Å². The summed E-state index contributed by atoms with van der Waals surface area (Å²) in [4.78, 5) is 11.1. The molecular formula is C10H12ClNO3S. The molecule has 6 heteroatoms. The van der Waals surface area contributed by atoms with Crippen molar-refractivity contribution in [3.8, 4) is 5.75 Å². The standard InChI is InChI=1S/C10H12ClNO3S/c1-2-15-9-5-8(12(13)14)6-10(7-9)16-4-3-11/h5-7H,2-4H2,1H3. The maximum atomic E-state index is 10.7. The summed E-state index contributed by atoms with van der Waals surface area (Å²) >= 11 is 7.04. The first-order valence-corrected chi connectivity index (χ1v) is 6.30. The number of non-ortho nitro benzene ring substituents is 1. The normalized spacial score (nSPS) is 10.1. The minimum Gasteiger partial charge on any atom is -0.494 e. The number of thioether (sulfide) groups is 1. The maximum Gasteiger partial charge on any atom is 0.274 e. The Kier molecular flexibility index (Phi) is 5.42. The lowest BCUT2D eigenvalue weighted by atomic mass is 10.3. The second kappa shape index (κ2) is 6.60. The molecule has 1 aromatic carbocycles. The maximum absolute atomic E-state index is 10.7. The van der Waals surface area contributed by atoms with Crippen LogP contribution < -0.4 is 4.74 Å². The number of ether oxygens (including phenoxy) is 1. The van der Waals surface area contributed by atoms with Crippen molar-refractivity contribution in [2.24, 2.45) is 0 Å². The van der Waals surface area contributed by atoms with E-state index >= 15 is 0 Å². The fourth-order valence-electron chi connectivity index (χ4n) is 1.15. The van der Waals surface area contributed by atoms with Gasteiger partial charge in [-0.15, -0.1) is 23.4 Å². The first kappa shape index (κ1) is 13.1. The fourth-order valence-corrected chi connectivity index (χ4v) is 2.10. The molecule has 0 unspecified atom stereocenters. The van der Waals surface area contributed by atoms with E-state index in [4.69, 9.17) is 16.3 Å². The van der Waals surface area contributed by atoms with Gasteiger partial charge in [0.2, 0.25) is 0 Å². The van der Waals surface area contributed by atoms with Crippen LogP contribution in [0.3, 0.4) is 0 Å². The fraction of sp³-hybridized carbons (Fsp3) is 0.400. The molecule has 0 amide bonds. The van der Waals surface area contributed by atoms with E-state index in [2.05, 4.69) is 0 Å². The SMILES string of the molecule is CCOc1cc(SCCCl)cc([N+](=O)[O-])c1. The number of nitrogens with zero attached hydrogens (tertiary/aromatic N) is 1. The van der Waals surface area contributed by atoms with Crippen LogP contribution in [0.1, 0.15) is 6.92 Å². The van der Waals surface area contributed by atoms with E-state index in [0.717, 1.165) is 4.90 Å². The van der Waals surface area contributed by atoms with Gasteiger partial charge in [-0.2, -0.15) is 0 Å². The van der Waals surface area contributed by atoms with Gasteiger partial charge < -0.3 is 4.74 Å². The van der Waals surface area contributed by atoms with Crippen LogP contribution >= 0.6 is 23.4 Å². The number of alkyl halides is 1. The summed E-state index contributed by atoms with van der Waals surface area (Å²) in [5.74, 6) is 1.75. The third kappa shape index (κ3) is 3.90. The van der Waals surface area contributed by atoms with Crippen molar-refractivity contribution in [1.82, 2.24) is 0 Å². The summed E-state index contributed by atoms with van der Waals surface area (Å²) in [6.07, 6.45) is 0. The molecule has 0 radical (unpaired) electrons. The number of hydrogen-bond donors (Lipinski definition) is 0. The second-order valence-electron chi connectivity index (χ2n) is 2.89. The molecular weight excluding hydrogens is 250 g/mol. The lowest BCUT2D eigenvalue weighted by Crippen LogP contribution is -1.95. The van der Waals surface area contributed by atoms with Gasteiger partial charge in [-0.05, 0) is 13.0 Å². The summed E-state index contributed by atoms with van der Waals surface area (Å²) in [5, 5.41) is 10.7. The average molecular weight is 262 g/mol. The monoisotopic (exact) mass is 261 g/mol. The number of nitro groups is 1. The predicted octanol–water partition coefficient (Wildman–Crippen LogP) is 3.32. The van der Waals surface area contributed by atoms with Gasteiger partial charge in [-0.1, -0.05) is 0 Å². The molecule has 0 atom stereocenters. The zero-order valence-electron chi connectivity index (χ0n) is 8.81. The molecule has 0 spiro atoms. The number of rotatable bonds is 6. The number of nitro benzene ring substituents is 1. The van der Waals surface area contributed by atoms with Crippen LogP contribution in [0.5, 0.6) is 5.75 Å². The quantitative estimate of drug-likeness (QED) is 0.341. The second-order valence-corrected chi connectivity index (χ2v) is 4.44. The van der Waals surface area contributed by atoms with Crippen LogP contribution in [0.15, 0.2) is 23.1 Å². The first-order valence-electron chi connectivity index (χ1n) is 4.78. The van der Waals surface area contributed by atoms with Crippen molar-refractivity contribution in [1.29, 1.82) is 0 Å². The van der Waals surface area contributed by atoms with Gasteiger partial charge in [0.1, 0.15) is 5.75 Å². The molecule has 0 bridgehead atoms. The van der Waals surface area contributed by atoms with Crippen molar-refractivity contribution < 1.29 is 9.66 Å². The van der Waals surface area contributed by atoms with E-state index in [1.165, 1.54) is 23.9 Å². The third-order valence-electron chi connectivity index (χ3n) is 1.73. The molecule has 0 aliphatic rings. The summed E-state index contributed by atoms with van der Waals surface area (Å²) in [6.45, 7) is 2.32. The van der Waals surface area contributed by atoms with Gasteiger partial charge in [-0.25, -0.2) is 0 Å². The molecule has 88 valence electrons. The molecule has 16 heavy (non-hydrogen) atoms. The topological polar surface area (TPSA) is 52.4 Å². The number of benzene rings is 1. The highest BCUT2D eigenvalue weighted by Crippen LogP contribution is 2.29.